The number of benzene rings is 1. The first kappa shape index (κ1) is 27.2. The van der Waals surface area contributed by atoms with Crippen molar-refractivity contribution in [1.29, 1.82) is 0 Å². The van der Waals surface area contributed by atoms with Crippen LogP contribution in [0.15, 0.2) is 47.2 Å². The van der Waals surface area contributed by atoms with Gasteiger partial charge in [-0.1, -0.05) is 37.1 Å². The van der Waals surface area contributed by atoms with Crippen molar-refractivity contribution < 1.29 is 5.11 Å². The van der Waals surface area contributed by atoms with Crippen molar-refractivity contribution in [3.05, 3.63) is 53.4 Å². The summed E-state index contributed by atoms with van der Waals surface area (Å²) in [4.78, 5) is 11.9. The summed E-state index contributed by atoms with van der Waals surface area (Å²) in [5, 5.41) is 17.1. The lowest BCUT2D eigenvalue weighted by Crippen LogP contribution is -2.43. The van der Waals surface area contributed by atoms with Crippen LogP contribution >= 0.6 is 0 Å². The van der Waals surface area contributed by atoms with Gasteiger partial charge in [0.15, 0.2) is 5.96 Å². The largest absolute Gasteiger partial charge is 0.393 e. The minimum atomic E-state index is -0.131. The van der Waals surface area contributed by atoms with Crippen molar-refractivity contribution in [3.8, 4) is 0 Å². The van der Waals surface area contributed by atoms with E-state index in [0.717, 1.165) is 76.8 Å². The van der Waals surface area contributed by atoms with E-state index in [1.807, 2.05) is 7.05 Å². The summed E-state index contributed by atoms with van der Waals surface area (Å²) in [5.74, 6) is 1.73. The molecule has 1 aromatic rings. The Kier molecular flexibility index (Phi) is 9.08. The van der Waals surface area contributed by atoms with Crippen molar-refractivity contribution in [1.82, 2.24) is 25.3 Å². The Balaban J connectivity index is 1.28. The number of likely N-dealkylation sites (N-methyl/N-ethyl adjacent to an activating group) is 1. The highest BCUT2D eigenvalue weighted by Crippen LogP contribution is 2.35. The first-order valence-electron chi connectivity index (χ1n) is 14.8. The maximum absolute atomic E-state index is 10.0. The first-order chi connectivity index (χ1) is 18.5. The number of nitrogens with zero attached hydrogens (tertiary/aromatic N) is 4. The predicted octanol–water partition coefficient (Wildman–Crippen LogP) is 3.63. The van der Waals surface area contributed by atoms with Crippen molar-refractivity contribution >= 4 is 11.5 Å². The van der Waals surface area contributed by atoms with Crippen LogP contribution in [0.1, 0.15) is 63.0 Å². The number of guanidine groups is 1. The molecule has 0 bridgehead atoms. The zero-order valence-corrected chi connectivity index (χ0v) is 23.7. The van der Waals surface area contributed by atoms with Crippen LogP contribution in [0.2, 0.25) is 0 Å². The lowest BCUT2D eigenvalue weighted by molar-refractivity contribution is 0.0951. The average Bonchev–Trinajstić information content (AvgIpc) is 3.64. The normalized spacial score (nSPS) is 27.5. The monoisotopic (exact) mass is 520 g/mol. The molecule has 38 heavy (non-hydrogen) atoms. The zero-order valence-electron chi connectivity index (χ0n) is 23.7. The molecule has 2 aliphatic heterocycles. The zero-order chi connectivity index (χ0) is 26.5. The highest BCUT2D eigenvalue weighted by molar-refractivity contribution is 5.85. The molecule has 1 unspecified atom stereocenters. The van der Waals surface area contributed by atoms with Gasteiger partial charge in [-0.2, -0.15) is 0 Å². The third-order valence-electron chi connectivity index (χ3n) is 8.77. The fourth-order valence-corrected chi connectivity index (χ4v) is 6.11. The topological polar surface area (TPSA) is 66.4 Å². The second-order valence-corrected chi connectivity index (χ2v) is 12.1. The van der Waals surface area contributed by atoms with Crippen LogP contribution in [0.5, 0.6) is 0 Å². The van der Waals surface area contributed by atoms with Crippen LogP contribution in [0.3, 0.4) is 0 Å². The van der Waals surface area contributed by atoms with Crippen molar-refractivity contribution in [2.75, 3.05) is 46.8 Å². The van der Waals surface area contributed by atoms with Crippen LogP contribution in [-0.4, -0.2) is 90.8 Å². The van der Waals surface area contributed by atoms with Crippen molar-refractivity contribution in [2.24, 2.45) is 10.9 Å². The molecule has 7 nitrogen and oxygen atoms in total. The second kappa shape index (κ2) is 12.7. The molecule has 208 valence electrons. The van der Waals surface area contributed by atoms with Crippen LogP contribution in [0.25, 0.3) is 5.57 Å². The molecule has 1 aromatic carbocycles. The molecular formula is C31H48N6O. The number of nitrogens with one attached hydrogen (secondary N) is 2. The van der Waals surface area contributed by atoms with E-state index in [1.165, 1.54) is 41.5 Å². The number of piperazine rings is 1. The van der Waals surface area contributed by atoms with E-state index in [1.54, 1.807) is 0 Å². The molecule has 2 aliphatic carbocycles. The van der Waals surface area contributed by atoms with Gasteiger partial charge in [0, 0.05) is 76.4 Å². The van der Waals surface area contributed by atoms with Gasteiger partial charge in [0.05, 0.1) is 6.10 Å². The summed E-state index contributed by atoms with van der Waals surface area (Å²) in [7, 11) is 4.06. The Morgan fingerprint density at radius 3 is 2.42 bits per heavy atom. The predicted molar refractivity (Wildman–Crippen MR) is 157 cm³/mol. The number of hydrogen-bond acceptors (Lipinski definition) is 5. The van der Waals surface area contributed by atoms with Gasteiger partial charge in [0.25, 0.3) is 0 Å². The van der Waals surface area contributed by atoms with Crippen LogP contribution in [0.4, 0.5) is 0 Å². The summed E-state index contributed by atoms with van der Waals surface area (Å²) in [6.45, 7) is 8.75. The van der Waals surface area contributed by atoms with Crippen LogP contribution in [-0.2, 0) is 6.54 Å². The van der Waals surface area contributed by atoms with Gasteiger partial charge in [0.2, 0.25) is 0 Å². The summed E-state index contributed by atoms with van der Waals surface area (Å²) in [6.07, 6.45) is 12.2. The standard InChI is InChI=1S/C31H48N6O/c1-23(18-24-4-5-24)34-31(32-2)33-19-27-21-37(28-10-12-29(38)13-11-28)22-30(27)26-8-6-25(7-9-26)20-36-16-14-35(3)15-17-36/h6-9,19,22-24,28-29,38H,4-5,10-18,20-21H2,1-3H3,(H2,32,33,34). The number of aliphatic hydroxyl groups excluding tert-OH is 1. The quantitative estimate of drug-likeness (QED) is 0.359. The second-order valence-electron chi connectivity index (χ2n) is 12.1. The average molecular weight is 521 g/mol. The Labute approximate surface area is 229 Å². The third kappa shape index (κ3) is 7.39. The maximum Gasteiger partial charge on any atom is 0.195 e. The summed E-state index contributed by atoms with van der Waals surface area (Å²) in [6, 6.07) is 10.1. The lowest BCUT2D eigenvalue weighted by Gasteiger charge is -2.33. The van der Waals surface area contributed by atoms with Gasteiger partial charge < -0.3 is 25.5 Å². The molecule has 0 aromatic heterocycles. The molecule has 0 amide bonds. The SMILES string of the molecule is CN=C(NC=C1CN(C2CCC(O)CC2)C=C1c1ccc(CN2CCN(C)CC2)cc1)NC(C)CC1CC1. The molecule has 4 aliphatic rings. The van der Waals surface area contributed by atoms with E-state index >= 15 is 0 Å². The van der Waals surface area contributed by atoms with Gasteiger partial charge in [-0.3, -0.25) is 9.89 Å². The van der Waals surface area contributed by atoms with E-state index in [4.69, 9.17) is 0 Å². The summed E-state index contributed by atoms with van der Waals surface area (Å²) >= 11 is 0. The molecule has 7 heteroatoms. The van der Waals surface area contributed by atoms with Crippen molar-refractivity contribution in [2.45, 2.75) is 76.6 Å². The number of aliphatic hydroxyl groups is 1. The number of rotatable bonds is 8. The molecule has 2 heterocycles. The maximum atomic E-state index is 10.0. The summed E-state index contributed by atoms with van der Waals surface area (Å²) < 4.78 is 0. The Hall–Kier alpha value is -2.35. The molecule has 3 fully saturated rings. The smallest absolute Gasteiger partial charge is 0.195 e. The van der Waals surface area contributed by atoms with Gasteiger partial charge >= 0.3 is 0 Å². The Morgan fingerprint density at radius 2 is 1.76 bits per heavy atom. The van der Waals surface area contributed by atoms with Crippen LogP contribution < -0.4 is 10.6 Å². The molecular weight excluding hydrogens is 472 g/mol. The lowest BCUT2D eigenvalue weighted by atomic mass is 9.92. The fraction of sp³-hybridized carbons (Fsp3) is 0.645. The highest BCUT2D eigenvalue weighted by Gasteiger charge is 2.29. The van der Waals surface area contributed by atoms with E-state index in [-0.39, 0.29) is 6.10 Å². The van der Waals surface area contributed by atoms with E-state index in [2.05, 4.69) is 81.0 Å². The molecule has 0 radical (unpaired) electrons. The van der Waals surface area contributed by atoms with Gasteiger partial charge in [-0.15, -0.1) is 0 Å². The molecule has 0 spiro atoms. The first-order valence-corrected chi connectivity index (χ1v) is 14.8. The van der Waals surface area contributed by atoms with E-state index in [0.29, 0.717) is 12.1 Å². The molecule has 1 saturated heterocycles. The molecule has 2 saturated carbocycles. The Bertz CT molecular complexity index is 998. The fourth-order valence-electron chi connectivity index (χ4n) is 6.11. The van der Waals surface area contributed by atoms with Crippen LogP contribution in [0, 0.1) is 5.92 Å². The highest BCUT2D eigenvalue weighted by atomic mass is 16.3. The Morgan fingerprint density at radius 1 is 1.05 bits per heavy atom. The third-order valence-corrected chi connectivity index (χ3v) is 8.77. The number of hydrogen-bond donors (Lipinski definition) is 3. The van der Waals surface area contributed by atoms with E-state index in [9.17, 15) is 5.11 Å². The number of aliphatic imine (C=N–C) groups is 1. The molecule has 1 atom stereocenters. The minimum Gasteiger partial charge on any atom is -0.393 e. The minimum absolute atomic E-state index is 0.131. The summed E-state index contributed by atoms with van der Waals surface area (Å²) in [5.41, 5.74) is 5.23. The molecule has 3 N–H and O–H groups in total. The van der Waals surface area contributed by atoms with Gasteiger partial charge in [-0.05, 0) is 68.7 Å². The van der Waals surface area contributed by atoms with E-state index < -0.39 is 0 Å². The van der Waals surface area contributed by atoms with Gasteiger partial charge in [0.1, 0.15) is 0 Å². The van der Waals surface area contributed by atoms with Gasteiger partial charge in [-0.25, -0.2) is 0 Å². The molecule has 5 rings (SSSR count). The van der Waals surface area contributed by atoms with Crippen molar-refractivity contribution in [3.63, 3.8) is 0 Å².